The SMILES string of the molecule is CC(C)(C)c1nc(Cl)c(CN)cc1Br. The quantitative estimate of drug-likeness (QED) is 0.800. The van der Waals surface area contributed by atoms with E-state index < -0.39 is 0 Å². The monoisotopic (exact) mass is 276 g/mol. The van der Waals surface area contributed by atoms with E-state index in [-0.39, 0.29) is 5.41 Å². The standard InChI is InChI=1S/C10H14BrClN2/c1-10(2,3)8-7(11)4-6(5-13)9(12)14-8/h4H,5,13H2,1-3H3. The Hall–Kier alpha value is -0.120. The number of rotatable bonds is 1. The maximum atomic E-state index is 6.00. The zero-order chi connectivity index (χ0) is 10.9. The van der Waals surface area contributed by atoms with Crippen molar-refractivity contribution in [2.75, 3.05) is 0 Å². The van der Waals surface area contributed by atoms with Gasteiger partial charge in [0.05, 0.1) is 5.69 Å². The third-order valence-corrected chi connectivity index (χ3v) is 2.86. The van der Waals surface area contributed by atoms with E-state index in [4.69, 9.17) is 17.3 Å². The molecule has 78 valence electrons. The van der Waals surface area contributed by atoms with Crippen LogP contribution >= 0.6 is 27.5 Å². The minimum atomic E-state index is -0.0183. The normalized spacial score (nSPS) is 11.9. The fraction of sp³-hybridized carbons (Fsp3) is 0.500. The molecule has 0 saturated carbocycles. The summed E-state index contributed by atoms with van der Waals surface area (Å²) in [6.45, 7) is 6.70. The molecule has 1 heterocycles. The van der Waals surface area contributed by atoms with Crippen molar-refractivity contribution >= 4 is 27.5 Å². The summed E-state index contributed by atoms with van der Waals surface area (Å²) in [6.07, 6.45) is 0. The van der Waals surface area contributed by atoms with E-state index in [0.29, 0.717) is 11.7 Å². The van der Waals surface area contributed by atoms with Crippen LogP contribution in [-0.4, -0.2) is 4.98 Å². The van der Waals surface area contributed by atoms with Crippen LogP contribution in [-0.2, 0) is 12.0 Å². The van der Waals surface area contributed by atoms with Gasteiger partial charge >= 0.3 is 0 Å². The molecule has 0 spiro atoms. The van der Waals surface area contributed by atoms with Gasteiger partial charge in [-0.15, -0.1) is 0 Å². The molecule has 0 fully saturated rings. The van der Waals surface area contributed by atoms with E-state index in [9.17, 15) is 0 Å². The Morgan fingerprint density at radius 1 is 1.50 bits per heavy atom. The first-order chi connectivity index (χ1) is 6.36. The van der Waals surface area contributed by atoms with Crippen LogP contribution in [0.25, 0.3) is 0 Å². The molecule has 0 aliphatic heterocycles. The van der Waals surface area contributed by atoms with Gasteiger partial charge in [-0.05, 0) is 22.0 Å². The molecule has 0 radical (unpaired) electrons. The van der Waals surface area contributed by atoms with E-state index in [1.54, 1.807) is 0 Å². The average Bonchev–Trinajstić information content (AvgIpc) is 2.06. The molecule has 2 nitrogen and oxygen atoms in total. The molecular formula is C10H14BrClN2. The van der Waals surface area contributed by atoms with Gasteiger partial charge in [0.2, 0.25) is 0 Å². The summed E-state index contributed by atoms with van der Waals surface area (Å²) in [5.41, 5.74) is 7.34. The van der Waals surface area contributed by atoms with Gasteiger partial charge in [-0.25, -0.2) is 4.98 Å². The summed E-state index contributed by atoms with van der Waals surface area (Å²) in [5.74, 6) is 0. The van der Waals surface area contributed by atoms with Crippen molar-refractivity contribution in [1.82, 2.24) is 4.98 Å². The van der Waals surface area contributed by atoms with Crippen LogP contribution < -0.4 is 5.73 Å². The number of pyridine rings is 1. The van der Waals surface area contributed by atoms with Gasteiger partial charge in [0.1, 0.15) is 5.15 Å². The second-order valence-corrected chi connectivity index (χ2v) is 5.44. The minimum absolute atomic E-state index is 0.0183. The highest BCUT2D eigenvalue weighted by molar-refractivity contribution is 9.10. The second-order valence-electron chi connectivity index (χ2n) is 4.22. The van der Waals surface area contributed by atoms with E-state index in [1.165, 1.54) is 0 Å². The average molecular weight is 278 g/mol. The molecule has 0 bridgehead atoms. The second kappa shape index (κ2) is 4.17. The number of nitrogens with zero attached hydrogens (tertiary/aromatic N) is 1. The molecule has 1 aromatic heterocycles. The molecule has 4 heteroatoms. The van der Waals surface area contributed by atoms with Crippen molar-refractivity contribution < 1.29 is 0 Å². The van der Waals surface area contributed by atoms with Gasteiger partial charge < -0.3 is 5.73 Å². The Bertz CT molecular complexity index is 345. The summed E-state index contributed by atoms with van der Waals surface area (Å²) in [4.78, 5) is 4.35. The van der Waals surface area contributed by atoms with E-state index in [2.05, 4.69) is 41.7 Å². The summed E-state index contributed by atoms with van der Waals surface area (Å²) in [5, 5.41) is 0.501. The summed E-state index contributed by atoms with van der Waals surface area (Å²) >= 11 is 9.48. The number of halogens is 2. The Morgan fingerprint density at radius 2 is 2.07 bits per heavy atom. The molecule has 0 aliphatic rings. The fourth-order valence-corrected chi connectivity index (χ4v) is 2.35. The molecule has 1 aromatic rings. The van der Waals surface area contributed by atoms with Crippen molar-refractivity contribution in [1.29, 1.82) is 0 Å². The lowest BCUT2D eigenvalue weighted by Gasteiger charge is -2.20. The highest BCUT2D eigenvalue weighted by atomic mass is 79.9. The van der Waals surface area contributed by atoms with E-state index in [0.717, 1.165) is 15.7 Å². The van der Waals surface area contributed by atoms with Crippen molar-refractivity contribution in [3.05, 3.63) is 26.9 Å². The molecule has 0 aliphatic carbocycles. The molecule has 14 heavy (non-hydrogen) atoms. The number of hydrogen-bond acceptors (Lipinski definition) is 2. The summed E-state index contributed by atoms with van der Waals surface area (Å²) in [6, 6.07) is 1.94. The maximum Gasteiger partial charge on any atom is 0.133 e. The molecule has 0 saturated heterocycles. The fourth-order valence-electron chi connectivity index (χ4n) is 1.17. The summed E-state index contributed by atoms with van der Waals surface area (Å²) < 4.78 is 0.967. The van der Waals surface area contributed by atoms with Crippen LogP contribution in [0.4, 0.5) is 0 Å². The van der Waals surface area contributed by atoms with Gasteiger partial charge in [-0.2, -0.15) is 0 Å². The molecule has 0 atom stereocenters. The van der Waals surface area contributed by atoms with Gasteiger partial charge in [-0.1, -0.05) is 32.4 Å². The highest BCUT2D eigenvalue weighted by Gasteiger charge is 2.20. The van der Waals surface area contributed by atoms with Crippen LogP contribution in [0.3, 0.4) is 0 Å². The lowest BCUT2D eigenvalue weighted by Crippen LogP contribution is -2.15. The van der Waals surface area contributed by atoms with Crippen molar-refractivity contribution in [2.45, 2.75) is 32.7 Å². The third-order valence-electron chi connectivity index (χ3n) is 1.93. The van der Waals surface area contributed by atoms with Crippen molar-refractivity contribution in [2.24, 2.45) is 5.73 Å². The maximum absolute atomic E-state index is 6.00. The number of nitrogens with two attached hydrogens (primary N) is 1. The smallest absolute Gasteiger partial charge is 0.133 e. The predicted octanol–water partition coefficient (Wildman–Crippen LogP) is 3.25. The first-order valence-corrected chi connectivity index (χ1v) is 5.59. The third kappa shape index (κ3) is 2.47. The van der Waals surface area contributed by atoms with E-state index in [1.807, 2.05) is 6.07 Å². The zero-order valence-corrected chi connectivity index (χ0v) is 10.9. The molecular weight excluding hydrogens is 263 g/mol. The minimum Gasteiger partial charge on any atom is -0.326 e. The Morgan fingerprint density at radius 3 is 2.50 bits per heavy atom. The molecule has 0 unspecified atom stereocenters. The van der Waals surface area contributed by atoms with Crippen molar-refractivity contribution in [3.8, 4) is 0 Å². The van der Waals surface area contributed by atoms with E-state index >= 15 is 0 Å². The highest BCUT2D eigenvalue weighted by Crippen LogP contribution is 2.30. The van der Waals surface area contributed by atoms with Crippen LogP contribution in [0.5, 0.6) is 0 Å². The van der Waals surface area contributed by atoms with Gasteiger partial charge in [0.25, 0.3) is 0 Å². The first kappa shape index (κ1) is 12.0. The number of hydrogen-bond donors (Lipinski definition) is 1. The Balaban J connectivity index is 3.29. The Labute approximate surface area is 98.0 Å². The molecule has 2 N–H and O–H groups in total. The predicted molar refractivity (Wildman–Crippen MR) is 63.5 cm³/mol. The zero-order valence-electron chi connectivity index (χ0n) is 8.56. The molecule has 0 amide bonds. The van der Waals surface area contributed by atoms with Crippen LogP contribution in [0.2, 0.25) is 5.15 Å². The largest absolute Gasteiger partial charge is 0.326 e. The molecule has 1 rings (SSSR count). The summed E-state index contributed by atoms with van der Waals surface area (Å²) in [7, 11) is 0. The number of aromatic nitrogens is 1. The molecule has 0 aromatic carbocycles. The van der Waals surface area contributed by atoms with Crippen LogP contribution in [0, 0.1) is 0 Å². The topological polar surface area (TPSA) is 38.9 Å². The van der Waals surface area contributed by atoms with Gasteiger partial charge in [-0.3, -0.25) is 0 Å². The van der Waals surface area contributed by atoms with Crippen LogP contribution in [0.15, 0.2) is 10.5 Å². The van der Waals surface area contributed by atoms with Crippen molar-refractivity contribution in [3.63, 3.8) is 0 Å². The van der Waals surface area contributed by atoms with Crippen LogP contribution in [0.1, 0.15) is 32.0 Å². The van der Waals surface area contributed by atoms with Gasteiger partial charge in [0, 0.05) is 22.0 Å². The lowest BCUT2D eigenvalue weighted by molar-refractivity contribution is 0.565. The Kier molecular flexibility index (Phi) is 3.56. The first-order valence-electron chi connectivity index (χ1n) is 4.41. The lowest BCUT2D eigenvalue weighted by atomic mass is 9.91. The van der Waals surface area contributed by atoms with Gasteiger partial charge in [0.15, 0.2) is 0 Å².